The van der Waals surface area contributed by atoms with E-state index in [1.807, 2.05) is 0 Å². The van der Waals surface area contributed by atoms with Crippen LogP contribution in [0.15, 0.2) is 0 Å². The minimum absolute atomic E-state index is 0.377. The molecule has 0 aromatic heterocycles. The van der Waals surface area contributed by atoms with Crippen LogP contribution in [0, 0.1) is 5.92 Å². The maximum Gasteiger partial charge on any atom is 0.110 e. The SMILES string of the molecule is CCC1CCC(N2CCOCC2)OC1. The van der Waals surface area contributed by atoms with Crippen LogP contribution >= 0.6 is 0 Å². The van der Waals surface area contributed by atoms with Crippen LogP contribution < -0.4 is 0 Å². The van der Waals surface area contributed by atoms with Crippen LogP contribution in [-0.2, 0) is 9.47 Å². The van der Waals surface area contributed by atoms with E-state index in [-0.39, 0.29) is 0 Å². The van der Waals surface area contributed by atoms with Crippen molar-refractivity contribution < 1.29 is 9.47 Å². The molecule has 2 aliphatic heterocycles. The Balaban J connectivity index is 1.76. The second-order valence-corrected chi connectivity index (χ2v) is 4.29. The first-order valence-corrected chi connectivity index (χ1v) is 5.83. The monoisotopic (exact) mass is 199 g/mol. The van der Waals surface area contributed by atoms with Crippen LogP contribution in [0.4, 0.5) is 0 Å². The first-order chi connectivity index (χ1) is 6.90. The Bertz CT molecular complexity index is 161. The van der Waals surface area contributed by atoms with Gasteiger partial charge in [0.05, 0.1) is 19.8 Å². The maximum atomic E-state index is 5.89. The van der Waals surface area contributed by atoms with Gasteiger partial charge in [-0.3, -0.25) is 4.90 Å². The number of nitrogens with zero attached hydrogens (tertiary/aromatic N) is 1. The van der Waals surface area contributed by atoms with Gasteiger partial charge in [-0.15, -0.1) is 0 Å². The first-order valence-electron chi connectivity index (χ1n) is 5.83. The third kappa shape index (κ3) is 2.47. The molecule has 0 aliphatic carbocycles. The highest BCUT2D eigenvalue weighted by atomic mass is 16.5. The van der Waals surface area contributed by atoms with Crippen molar-refractivity contribution in [2.45, 2.75) is 32.4 Å². The molecule has 0 aromatic rings. The lowest BCUT2D eigenvalue weighted by atomic mass is 9.98. The number of ether oxygens (including phenoxy) is 2. The molecule has 0 saturated carbocycles. The van der Waals surface area contributed by atoms with Crippen molar-refractivity contribution in [2.75, 3.05) is 32.9 Å². The number of hydrogen-bond acceptors (Lipinski definition) is 3. The Hall–Kier alpha value is -0.120. The summed E-state index contributed by atoms with van der Waals surface area (Å²) in [5.41, 5.74) is 0. The van der Waals surface area contributed by atoms with E-state index in [0.29, 0.717) is 6.23 Å². The average molecular weight is 199 g/mol. The van der Waals surface area contributed by atoms with Crippen molar-refractivity contribution in [3.05, 3.63) is 0 Å². The molecule has 2 rings (SSSR count). The highest BCUT2D eigenvalue weighted by Crippen LogP contribution is 2.23. The summed E-state index contributed by atoms with van der Waals surface area (Å²) in [6.45, 7) is 7.04. The molecule has 0 radical (unpaired) electrons. The lowest BCUT2D eigenvalue weighted by Gasteiger charge is -2.38. The molecule has 0 amide bonds. The zero-order valence-electron chi connectivity index (χ0n) is 9.08. The Morgan fingerprint density at radius 3 is 2.57 bits per heavy atom. The lowest BCUT2D eigenvalue weighted by Crippen LogP contribution is -2.47. The largest absolute Gasteiger partial charge is 0.379 e. The van der Waals surface area contributed by atoms with Gasteiger partial charge in [0.1, 0.15) is 6.23 Å². The van der Waals surface area contributed by atoms with Gasteiger partial charge in [0.25, 0.3) is 0 Å². The van der Waals surface area contributed by atoms with Crippen molar-refractivity contribution in [1.82, 2.24) is 4.90 Å². The molecule has 82 valence electrons. The normalized spacial score (nSPS) is 35.8. The third-order valence-corrected chi connectivity index (χ3v) is 3.38. The molecular formula is C11H21NO2. The lowest BCUT2D eigenvalue weighted by molar-refractivity contribution is -0.129. The van der Waals surface area contributed by atoms with Crippen molar-refractivity contribution in [3.63, 3.8) is 0 Å². The summed E-state index contributed by atoms with van der Waals surface area (Å²) < 4.78 is 11.2. The van der Waals surface area contributed by atoms with Crippen LogP contribution in [0.3, 0.4) is 0 Å². The van der Waals surface area contributed by atoms with Gasteiger partial charge in [-0.05, 0) is 18.8 Å². The summed E-state index contributed by atoms with van der Waals surface area (Å²) >= 11 is 0. The molecule has 2 saturated heterocycles. The van der Waals surface area contributed by atoms with Gasteiger partial charge < -0.3 is 9.47 Å². The average Bonchev–Trinajstić information content (AvgIpc) is 2.30. The van der Waals surface area contributed by atoms with Gasteiger partial charge in [-0.1, -0.05) is 13.3 Å². The van der Waals surface area contributed by atoms with Crippen molar-refractivity contribution in [1.29, 1.82) is 0 Å². The Morgan fingerprint density at radius 1 is 1.21 bits per heavy atom. The highest BCUT2D eigenvalue weighted by Gasteiger charge is 2.26. The second-order valence-electron chi connectivity index (χ2n) is 4.29. The molecule has 0 spiro atoms. The molecule has 2 fully saturated rings. The van der Waals surface area contributed by atoms with E-state index >= 15 is 0 Å². The fourth-order valence-corrected chi connectivity index (χ4v) is 2.27. The smallest absolute Gasteiger partial charge is 0.110 e. The predicted octanol–water partition coefficient (Wildman–Crippen LogP) is 1.48. The summed E-state index contributed by atoms with van der Waals surface area (Å²) in [6, 6.07) is 0. The highest BCUT2D eigenvalue weighted by molar-refractivity contribution is 4.73. The molecule has 3 heteroatoms. The van der Waals surface area contributed by atoms with E-state index in [4.69, 9.17) is 9.47 Å². The summed E-state index contributed by atoms with van der Waals surface area (Å²) in [4.78, 5) is 2.43. The van der Waals surface area contributed by atoms with Gasteiger partial charge in [0.2, 0.25) is 0 Å². The van der Waals surface area contributed by atoms with E-state index in [1.54, 1.807) is 0 Å². The standard InChI is InChI=1S/C11H21NO2/c1-2-10-3-4-11(14-9-10)12-5-7-13-8-6-12/h10-11H,2-9H2,1H3. The molecule has 3 nitrogen and oxygen atoms in total. The van der Waals surface area contributed by atoms with Gasteiger partial charge in [0.15, 0.2) is 0 Å². The summed E-state index contributed by atoms with van der Waals surface area (Å²) in [7, 11) is 0. The van der Waals surface area contributed by atoms with Gasteiger partial charge >= 0.3 is 0 Å². The fourth-order valence-electron chi connectivity index (χ4n) is 2.27. The van der Waals surface area contributed by atoms with E-state index in [9.17, 15) is 0 Å². The first kappa shape index (κ1) is 10.4. The minimum atomic E-state index is 0.377. The fraction of sp³-hybridized carbons (Fsp3) is 1.00. The Kier molecular flexibility index (Phi) is 3.79. The zero-order valence-corrected chi connectivity index (χ0v) is 9.08. The Labute approximate surface area is 86.4 Å². The molecular weight excluding hydrogens is 178 g/mol. The molecule has 2 heterocycles. The Morgan fingerprint density at radius 2 is 2.00 bits per heavy atom. The zero-order chi connectivity index (χ0) is 9.80. The van der Waals surface area contributed by atoms with E-state index in [1.165, 1.54) is 19.3 Å². The molecule has 2 atom stereocenters. The predicted molar refractivity (Wildman–Crippen MR) is 55.1 cm³/mol. The van der Waals surface area contributed by atoms with Gasteiger partial charge in [-0.25, -0.2) is 0 Å². The topological polar surface area (TPSA) is 21.7 Å². The van der Waals surface area contributed by atoms with Crippen LogP contribution in [-0.4, -0.2) is 44.0 Å². The van der Waals surface area contributed by atoms with Gasteiger partial charge in [-0.2, -0.15) is 0 Å². The minimum Gasteiger partial charge on any atom is -0.379 e. The number of hydrogen-bond donors (Lipinski definition) is 0. The summed E-state index contributed by atoms with van der Waals surface area (Å²) in [5, 5.41) is 0. The van der Waals surface area contributed by atoms with Crippen LogP contribution in [0.1, 0.15) is 26.2 Å². The van der Waals surface area contributed by atoms with E-state index in [2.05, 4.69) is 11.8 Å². The number of morpholine rings is 1. The summed E-state index contributed by atoms with van der Waals surface area (Å²) in [6.07, 6.45) is 4.18. The van der Waals surface area contributed by atoms with E-state index in [0.717, 1.165) is 38.8 Å². The summed E-state index contributed by atoms with van der Waals surface area (Å²) in [5.74, 6) is 0.798. The third-order valence-electron chi connectivity index (χ3n) is 3.38. The van der Waals surface area contributed by atoms with Crippen LogP contribution in [0.2, 0.25) is 0 Å². The second kappa shape index (κ2) is 5.10. The number of rotatable bonds is 2. The van der Waals surface area contributed by atoms with Crippen molar-refractivity contribution in [3.8, 4) is 0 Å². The van der Waals surface area contributed by atoms with Crippen LogP contribution in [0.25, 0.3) is 0 Å². The van der Waals surface area contributed by atoms with Crippen LogP contribution in [0.5, 0.6) is 0 Å². The van der Waals surface area contributed by atoms with Crippen molar-refractivity contribution in [2.24, 2.45) is 5.92 Å². The molecule has 2 unspecified atom stereocenters. The van der Waals surface area contributed by atoms with Crippen molar-refractivity contribution >= 4 is 0 Å². The van der Waals surface area contributed by atoms with E-state index < -0.39 is 0 Å². The molecule has 14 heavy (non-hydrogen) atoms. The molecule has 0 N–H and O–H groups in total. The maximum absolute atomic E-state index is 5.89. The molecule has 0 bridgehead atoms. The van der Waals surface area contributed by atoms with Gasteiger partial charge in [0, 0.05) is 13.1 Å². The quantitative estimate of drug-likeness (QED) is 0.672. The molecule has 0 aromatic carbocycles. The molecule has 2 aliphatic rings.